The van der Waals surface area contributed by atoms with Gasteiger partial charge in [0.25, 0.3) is 0 Å². The molecule has 0 radical (unpaired) electrons. The second kappa shape index (κ2) is 4.88. The van der Waals surface area contributed by atoms with Crippen LogP contribution in [0, 0.1) is 5.92 Å². The van der Waals surface area contributed by atoms with Crippen LogP contribution >= 0.6 is 11.6 Å². The fourth-order valence-electron chi connectivity index (χ4n) is 2.84. The Morgan fingerprint density at radius 1 is 1.21 bits per heavy atom. The first-order chi connectivity index (χ1) is 9.03. The molecule has 1 saturated heterocycles. The molecule has 0 aromatic heterocycles. The normalized spacial score (nSPS) is 21.6. The molecule has 4 heteroatoms. The number of fused-ring (bicyclic) bond motifs is 1. The summed E-state index contributed by atoms with van der Waals surface area (Å²) in [5, 5.41) is 4.18. The summed E-state index contributed by atoms with van der Waals surface area (Å²) in [6.07, 6.45) is 3.46. The third-order valence-electron chi connectivity index (χ3n) is 3.79. The van der Waals surface area contributed by atoms with Gasteiger partial charge in [-0.25, -0.2) is 0 Å². The summed E-state index contributed by atoms with van der Waals surface area (Å²) in [5.74, 6) is 1.70. The number of halogens is 1. The number of ether oxygens (including phenoxy) is 2. The summed E-state index contributed by atoms with van der Waals surface area (Å²) in [6, 6.07) is 3.94. The van der Waals surface area contributed by atoms with Crippen molar-refractivity contribution >= 4 is 11.6 Å². The molecule has 3 nitrogen and oxygen atoms in total. The molecule has 0 amide bonds. The minimum Gasteiger partial charge on any atom is -0.449 e. The maximum Gasteiger partial charge on any atom is 0.246 e. The number of piperidine rings is 1. The second-order valence-electron chi connectivity index (χ2n) is 5.89. The van der Waals surface area contributed by atoms with Gasteiger partial charge >= 0.3 is 0 Å². The van der Waals surface area contributed by atoms with Crippen molar-refractivity contribution < 1.29 is 9.47 Å². The van der Waals surface area contributed by atoms with E-state index in [-0.39, 0.29) is 0 Å². The van der Waals surface area contributed by atoms with Crippen LogP contribution in [0.3, 0.4) is 0 Å². The molecule has 0 atom stereocenters. The van der Waals surface area contributed by atoms with Gasteiger partial charge in [-0.2, -0.15) is 0 Å². The van der Waals surface area contributed by atoms with Crippen molar-refractivity contribution in [3.8, 4) is 11.5 Å². The van der Waals surface area contributed by atoms with Crippen molar-refractivity contribution in [2.24, 2.45) is 5.92 Å². The van der Waals surface area contributed by atoms with E-state index >= 15 is 0 Å². The average molecular weight is 282 g/mol. The lowest BCUT2D eigenvalue weighted by Gasteiger charge is -2.23. The molecule has 19 heavy (non-hydrogen) atoms. The van der Waals surface area contributed by atoms with Crippen LogP contribution in [-0.2, 0) is 6.42 Å². The Morgan fingerprint density at radius 3 is 2.53 bits per heavy atom. The number of rotatable bonds is 2. The molecule has 1 fully saturated rings. The van der Waals surface area contributed by atoms with E-state index in [4.69, 9.17) is 21.1 Å². The Bertz CT molecular complexity index is 481. The van der Waals surface area contributed by atoms with Gasteiger partial charge in [-0.15, -0.1) is 0 Å². The minimum atomic E-state index is -0.584. The summed E-state index contributed by atoms with van der Waals surface area (Å²) in [5.41, 5.74) is 1.17. The summed E-state index contributed by atoms with van der Waals surface area (Å²) in [4.78, 5) is 0. The Morgan fingerprint density at radius 2 is 1.84 bits per heavy atom. The van der Waals surface area contributed by atoms with Gasteiger partial charge in [-0.3, -0.25) is 0 Å². The van der Waals surface area contributed by atoms with Gasteiger partial charge in [0.15, 0.2) is 11.5 Å². The molecule has 2 aliphatic heterocycles. The van der Waals surface area contributed by atoms with Gasteiger partial charge in [0.1, 0.15) is 0 Å². The highest BCUT2D eigenvalue weighted by atomic mass is 35.5. The fourth-order valence-corrected chi connectivity index (χ4v) is 3.07. The van der Waals surface area contributed by atoms with Crippen molar-refractivity contribution in [2.75, 3.05) is 13.1 Å². The zero-order chi connectivity index (χ0) is 13.5. The van der Waals surface area contributed by atoms with Crippen LogP contribution in [0.4, 0.5) is 0 Å². The van der Waals surface area contributed by atoms with E-state index in [1.807, 2.05) is 19.9 Å². The zero-order valence-electron chi connectivity index (χ0n) is 11.5. The van der Waals surface area contributed by atoms with E-state index in [0.717, 1.165) is 36.0 Å². The maximum atomic E-state index is 6.37. The lowest BCUT2D eigenvalue weighted by molar-refractivity contribution is -0.0431. The average Bonchev–Trinajstić information content (AvgIpc) is 2.64. The topological polar surface area (TPSA) is 30.5 Å². The molecule has 3 rings (SSSR count). The van der Waals surface area contributed by atoms with Gasteiger partial charge in [-0.05, 0) is 49.9 Å². The van der Waals surface area contributed by atoms with E-state index < -0.39 is 5.79 Å². The molecule has 0 unspecified atom stereocenters. The molecule has 1 aromatic rings. The lowest BCUT2D eigenvalue weighted by Crippen LogP contribution is -2.29. The summed E-state index contributed by atoms with van der Waals surface area (Å²) < 4.78 is 11.5. The molecule has 1 aromatic carbocycles. The highest BCUT2D eigenvalue weighted by molar-refractivity contribution is 6.31. The predicted octanol–water partition coefficient (Wildman–Crippen LogP) is 3.39. The van der Waals surface area contributed by atoms with Gasteiger partial charge in [0.05, 0.1) is 0 Å². The van der Waals surface area contributed by atoms with Crippen molar-refractivity contribution in [1.82, 2.24) is 5.32 Å². The molecular weight excluding hydrogens is 262 g/mol. The van der Waals surface area contributed by atoms with Crippen LogP contribution in [-0.4, -0.2) is 18.9 Å². The van der Waals surface area contributed by atoms with Crippen molar-refractivity contribution in [3.05, 3.63) is 22.7 Å². The third kappa shape index (κ3) is 2.82. The van der Waals surface area contributed by atoms with Crippen LogP contribution in [0.15, 0.2) is 12.1 Å². The maximum absolute atomic E-state index is 6.37. The SMILES string of the molecule is CC1(C)Oc2cc(Cl)c(CC3CCNCC3)cc2O1. The largest absolute Gasteiger partial charge is 0.449 e. The Labute approximate surface area is 119 Å². The highest BCUT2D eigenvalue weighted by Crippen LogP contribution is 2.43. The van der Waals surface area contributed by atoms with Crippen molar-refractivity contribution in [1.29, 1.82) is 0 Å². The first kappa shape index (κ1) is 13.1. The smallest absolute Gasteiger partial charge is 0.246 e. The molecular formula is C15H20ClNO2. The van der Waals surface area contributed by atoms with Crippen LogP contribution < -0.4 is 14.8 Å². The van der Waals surface area contributed by atoms with Crippen LogP contribution in [0.5, 0.6) is 11.5 Å². The molecule has 2 aliphatic rings. The van der Waals surface area contributed by atoms with Crippen LogP contribution in [0.1, 0.15) is 32.3 Å². The number of nitrogens with one attached hydrogen (secondary N) is 1. The van der Waals surface area contributed by atoms with Crippen molar-refractivity contribution in [2.45, 2.75) is 38.9 Å². The lowest BCUT2D eigenvalue weighted by atomic mass is 9.91. The van der Waals surface area contributed by atoms with Crippen molar-refractivity contribution in [3.63, 3.8) is 0 Å². The molecule has 1 N–H and O–H groups in total. The number of benzene rings is 1. The van der Waals surface area contributed by atoms with Crippen LogP contribution in [0.2, 0.25) is 5.02 Å². The minimum absolute atomic E-state index is 0.584. The van der Waals surface area contributed by atoms with Gasteiger partial charge in [0.2, 0.25) is 5.79 Å². The summed E-state index contributed by atoms with van der Waals surface area (Å²) in [6.45, 7) is 6.04. The van der Waals surface area contributed by atoms with Gasteiger partial charge in [-0.1, -0.05) is 11.6 Å². The van der Waals surface area contributed by atoms with E-state index in [0.29, 0.717) is 5.92 Å². The molecule has 104 valence electrons. The quantitative estimate of drug-likeness (QED) is 0.901. The van der Waals surface area contributed by atoms with Gasteiger partial charge < -0.3 is 14.8 Å². The monoisotopic (exact) mass is 281 g/mol. The van der Waals surface area contributed by atoms with E-state index in [1.165, 1.54) is 18.4 Å². The molecule has 2 heterocycles. The number of hydrogen-bond acceptors (Lipinski definition) is 3. The highest BCUT2D eigenvalue weighted by Gasteiger charge is 2.32. The van der Waals surface area contributed by atoms with Gasteiger partial charge in [0, 0.05) is 24.9 Å². The standard InChI is InChI=1S/C15H20ClNO2/c1-15(2)18-13-8-11(12(16)9-14(13)19-15)7-10-3-5-17-6-4-10/h8-10,17H,3-7H2,1-2H3. The first-order valence-electron chi connectivity index (χ1n) is 6.95. The Balaban J connectivity index is 1.79. The van der Waals surface area contributed by atoms with E-state index in [9.17, 15) is 0 Å². The Kier molecular flexibility index (Phi) is 3.35. The predicted molar refractivity (Wildman–Crippen MR) is 76.1 cm³/mol. The fraction of sp³-hybridized carbons (Fsp3) is 0.600. The molecule has 0 bridgehead atoms. The second-order valence-corrected chi connectivity index (χ2v) is 6.30. The molecule has 0 spiro atoms. The third-order valence-corrected chi connectivity index (χ3v) is 4.14. The molecule has 0 aliphatic carbocycles. The first-order valence-corrected chi connectivity index (χ1v) is 7.32. The van der Waals surface area contributed by atoms with E-state index in [2.05, 4.69) is 11.4 Å². The summed E-state index contributed by atoms with van der Waals surface area (Å²) >= 11 is 6.37. The molecule has 0 saturated carbocycles. The zero-order valence-corrected chi connectivity index (χ0v) is 12.2. The number of hydrogen-bond donors (Lipinski definition) is 1. The summed E-state index contributed by atoms with van der Waals surface area (Å²) in [7, 11) is 0. The van der Waals surface area contributed by atoms with Crippen LogP contribution in [0.25, 0.3) is 0 Å². The Hall–Kier alpha value is -0.930. The van der Waals surface area contributed by atoms with E-state index in [1.54, 1.807) is 0 Å².